The maximum Gasteiger partial charge on any atom is 0.207 e. The van der Waals surface area contributed by atoms with Crippen molar-refractivity contribution in [2.75, 3.05) is 4.90 Å². The molecule has 7 rings (SSSR count). The van der Waals surface area contributed by atoms with E-state index >= 15 is 0 Å². The van der Waals surface area contributed by atoms with Crippen molar-refractivity contribution in [1.29, 1.82) is 0 Å². The number of nitrogens with zero attached hydrogens (tertiary/aromatic N) is 1. The van der Waals surface area contributed by atoms with Gasteiger partial charge in [0, 0.05) is 32.2 Å². The van der Waals surface area contributed by atoms with Crippen molar-refractivity contribution in [1.82, 2.24) is 0 Å². The minimum atomic E-state index is -3.52. The fourth-order valence-electron chi connectivity index (χ4n) is 5.20. The van der Waals surface area contributed by atoms with Gasteiger partial charge in [0.05, 0.1) is 21.2 Å². The lowest BCUT2D eigenvalue weighted by molar-refractivity contribution is 0.598. The summed E-state index contributed by atoms with van der Waals surface area (Å²) in [6.45, 7) is 0. The maximum atomic E-state index is 13.2. The Labute approximate surface area is 200 Å². The molecule has 5 heteroatoms. The first-order valence-electron chi connectivity index (χ1n) is 10.6. The van der Waals surface area contributed by atoms with Crippen LogP contribution in [-0.2, 0) is 9.84 Å². The molecule has 0 saturated heterocycles. The summed E-state index contributed by atoms with van der Waals surface area (Å²) in [6, 6.07) is 32.2. The number of rotatable bonds is 1. The van der Waals surface area contributed by atoms with Crippen molar-refractivity contribution in [2.45, 2.75) is 9.79 Å². The number of hydrogen-bond acceptors (Lipinski definition) is 3. The number of halogens is 1. The second kappa shape index (κ2) is 6.56. The average molecular weight is 510 g/mol. The second-order valence-corrected chi connectivity index (χ2v) is 11.2. The number of hydrogen-bond donors (Lipinski definition) is 0. The molecule has 33 heavy (non-hydrogen) atoms. The zero-order chi connectivity index (χ0) is 22.3. The molecule has 2 heterocycles. The van der Waals surface area contributed by atoms with Gasteiger partial charge in [-0.3, -0.25) is 0 Å². The summed E-state index contributed by atoms with van der Waals surface area (Å²) in [4.78, 5) is 2.97. The minimum absolute atomic E-state index is 0.364. The van der Waals surface area contributed by atoms with Crippen molar-refractivity contribution in [3.63, 3.8) is 0 Å². The smallest absolute Gasteiger partial charge is 0.207 e. The van der Waals surface area contributed by atoms with Gasteiger partial charge in [0.1, 0.15) is 0 Å². The molecule has 5 aromatic carbocycles. The van der Waals surface area contributed by atoms with Crippen LogP contribution >= 0.6 is 15.9 Å². The van der Waals surface area contributed by atoms with Gasteiger partial charge in [0.15, 0.2) is 0 Å². The lowest BCUT2D eigenvalue weighted by Gasteiger charge is -2.33. The predicted molar refractivity (Wildman–Crippen MR) is 136 cm³/mol. The van der Waals surface area contributed by atoms with E-state index in [-0.39, 0.29) is 0 Å². The van der Waals surface area contributed by atoms with Gasteiger partial charge in [0.25, 0.3) is 0 Å². The third kappa shape index (κ3) is 2.52. The highest BCUT2D eigenvalue weighted by atomic mass is 79.9. The molecule has 2 aliphatic heterocycles. The SMILES string of the molecule is O=S1(=O)c2ccc(Br)cc2-c2cc(N3c4ccccc4-c4cccc5cccc3c45)ccc21. The molecule has 5 aromatic rings. The van der Waals surface area contributed by atoms with Gasteiger partial charge in [-0.15, -0.1) is 0 Å². The van der Waals surface area contributed by atoms with E-state index in [1.807, 2.05) is 24.3 Å². The summed E-state index contributed by atoms with van der Waals surface area (Å²) >= 11 is 3.50. The molecule has 0 aliphatic carbocycles. The van der Waals surface area contributed by atoms with Gasteiger partial charge >= 0.3 is 0 Å². The lowest BCUT2D eigenvalue weighted by atomic mass is 9.91. The summed E-state index contributed by atoms with van der Waals surface area (Å²) in [5.41, 5.74) is 6.98. The van der Waals surface area contributed by atoms with Gasteiger partial charge in [-0.2, -0.15) is 0 Å². The monoisotopic (exact) mass is 509 g/mol. The number of anilines is 3. The largest absolute Gasteiger partial charge is 0.309 e. The van der Waals surface area contributed by atoms with E-state index in [1.165, 1.54) is 16.3 Å². The first-order chi connectivity index (χ1) is 16.0. The maximum absolute atomic E-state index is 13.2. The van der Waals surface area contributed by atoms with Crippen LogP contribution < -0.4 is 4.90 Å². The van der Waals surface area contributed by atoms with E-state index in [4.69, 9.17) is 0 Å². The molecule has 158 valence electrons. The van der Waals surface area contributed by atoms with Crippen molar-refractivity contribution < 1.29 is 8.42 Å². The first-order valence-corrected chi connectivity index (χ1v) is 12.9. The number of para-hydroxylation sites is 1. The fraction of sp³-hybridized carbons (Fsp3) is 0. The molecule has 0 N–H and O–H groups in total. The van der Waals surface area contributed by atoms with Gasteiger partial charge in [-0.05, 0) is 59.5 Å². The lowest BCUT2D eigenvalue weighted by Crippen LogP contribution is -2.15. The molecular weight excluding hydrogens is 494 g/mol. The molecular formula is C28H16BrNO2S. The molecule has 0 unspecified atom stereocenters. The van der Waals surface area contributed by atoms with Crippen LogP contribution in [0.4, 0.5) is 17.1 Å². The number of sulfone groups is 1. The summed E-state index contributed by atoms with van der Waals surface area (Å²) in [6.07, 6.45) is 0. The Kier molecular flexibility index (Phi) is 3.80. The normalized spacial score (nSPS) is 14.6. The van der Waals surface area contributed by atoms with E-state index in [0.29, 0.717) is 9.79 Å². The average Bonchev–Trinajstić information content (AvgIpc) is 3.05. The Morgan fingerprint density at radius 2 is 1.27 bits per heavy atom. The molecule has 0 radical (unpaired) electrons. The van der Waals surface area contributed by atoms with Crippen molar-refractivity contribution in [2.24, 2.45) is 0 Å². The van der Waals surface area contributed by atoms with E-state index in [1.54, 1.807) is 18.2 Å². The quantitative estimate of drug-likeness (QED) is 0.226. The van der Waals surface area contributed by atoms with E-state index in [0.717, 1.165) is 38.2 Å². The number of benzene rings is 5. The standard InChI is InChI=1S/C28H16BrNO2S/c29-18-11-13-26-22(15-18)23-16-19(12-14-27(23)33(26,31)32)30-24-9-2-1-7-20(24)21-8-3-5-17-6-4-10-25(30)28(17)21/h1-16H. The number of fused-ring (bicyclic) bond motifs is 5. The van der Waals surface area contributed by atoms with Crippen molar-refractivity contribution >= 4 is 53.6 Å². The summed E-state index contributed by atoms with van der Waals surface area (Å²) < 4.78 is 27.2. The molecule has 0 fully saturated rings. The van der Waals surface area contributed by atoms with Crippen LogP contribution in [0.15, 0.2) is 111 Å². The molecule has 0 aromatic heterocycles. The zero-order valence-corrected chi connectivity index (χ0v) is 19.7. The van der Waals surface area contributed by atoms with E-state index < -0.39 is 9.84 Å². The third-order valence-electron chi connectivity index (χ3n) is 6.59. The molecule has 0 bridgehead atoms. The molecule has 0 atom stereocenters. The van der Waals surface area contributed by atoms with Crippen LogP contribution in [0.3, 0.4) is 0 Å². The van der Waals surface area contributed by atoms with Gasteiger partial charge in [0.2, 0.25) is 9.84 Å². The Morgan fingerprint density at radius 3 is 2.12 bits per heavy atom. The van der Waals surface area contributed by atoms with E-state index in [9.17, 15) is 8.42 Å². The van der Waals surface area contributed by atoms with Crippen LogP contribution in [0.2, 0.25) is 0 Å². The summed E-state index contributed by atoms with van der Waals surface area (Å²) in [5, 5.41) is 2.39. The Bertz CT molecular complexity index is 1750. The van der Waals surface area contributed by atoms with Crippen molar-refractivity contribution in [3.8, 4) is 22.3 Å². The highest BCUT2D eigenvalue weighted by Gasteiger charge is 2.34. The minimum Gasteiger partial charge on any atom is -0.309 e. The highest BCUT2D eigenvalue weighted by Crippen LogP contribution is 2.52. The van der Waals surface area contributed by atoms with Gasteiger partial charge < -0.3 is 4.90 Å². The van der Waals surface area contributed by atoms with Crippen LogP contribution in [0.1, 0.15) is 0 Å². The molecule has 0 saturated carbocycles. The topological polar surface area (TPSA) is 37.4 Å². The van der Waals surface area contributed by atoms with Crippen LogP contribution in [0.5, 0.6) is 0 Å². The molecule has 2 aliphatic rings. The van der Waals surface area contributed by atoms with Gasteiger partial charge in [-0.25, -0.2) is 8.42 Å². The summed E-state index contributed by atoms with van der Waals surface area (Å²) in [5.74, 6) is 0. The van der Waals surface area contributed by atoms with E-state index in [2.05, 4.69) is 75.4 Å². The predicted octanol–water partition coefficient (Wildman–Crippen LogP) is 7.87. The molecule has 0 amide bonds. The highest BCUT2D eigenvalue weighted by molar-refractivity contribution is 9.10. The fourth-order valence-corrected chi connectivity index (χ4v) is 7.21. The molecule has 3 nitrogen and oxygen atoms in total. The van der Waals surface area contributed by atoms with Crippen LogP contribution in [0, 0.1) is 0 Å². The first kappa shape index (κ1) is 19.1. The second-order valence-electron chi connectivity index (χ2n) is 8.36. The van der Waals surface area contributed by atoms with Crippen molar-refractivity contribution in [3.05, 3.63) is 102 Å². The Hall–Kier alpha value is -3.41. The van der Waals surface area contributed by atoms with Crippen LogP contribution in [-0.4, -0.2) is 8.42 Å². The zero-order valence-electron chi connectivity index (χ0n) is 17.3. The third-order valence-corrected chi connectivity index (χ3v) is 8.95. The summed E-state index contributed by atoms with van der Waals surface area (Å²) in [7, 11) is -3.52. The van der Waals surface area contributed by atoms with Crippen LogP contribution in [0.25, 0.3) is 33.0 Å². The molecule has 0 spiro atoms. The Balaban J connectivity index is 1.54. The van der Waals surface area contributed by atoms with Gasteiger partial charge in [-0.1, -0.05) is 64.5 Å². The Morgan fingerprint density at radius 1 is 0.606 bits per heavy atom.